The Morgan fingerprint density at radius 1 is 1.21 bits per heavy atom. The molecule has 1 rings (SSSR count). The van der Waals surface area contributed by atoms with Crippen LogP contribution in [-0.2, 0) is 4.79 Å². The number of hydrogen-bond acceptors (Lipinski definition) is 2. The van der Waals surface area contributed by atoms with Gasteiger partial charge in [0.1, 0.15) is 0 Å². The number of nitrogens with zero attached hydrogens (tertiary/aromatic N) is 1. The summed E-state index contributed by atoms with van der Waals surface area (Å²) in [6, 6.07) is 0. The van der Waals surface area contributed by atoms with E-state index >= 15 is 0 Å². The first kappa shape index (κ1) is 16.5. The molecule has 1 aliphatic heterocycles. The molecule has 0 radical (unpaired) electrons. The Labute approximate surface area is 119 Å². The fourth-order valence-corrected chi connectivity index (χ4v) is 3.13. The minimum absolute atomic E-state index is 0.0632. The van der Waals surface area contributed by atoms with Gasteiger partial charge in [0, 0.05) is 17.6 Å². The third-order valence-electron chi connectivity index (χ3n) is 4.36. The van der Waals surface area contributed by atoms with Gasteiger partial charge in [-0.25, -0.2) is 0 Å². The van der Waals surface area contributed by atoms with E-state index in [0.717, 1.165) is 13.0 Å². The normalized spacial score (nSPS) is 23.2. The summed E-state index contributed by atoms with van der Waals surface area (Å²) in [5.41, 5.74) is -0.506. The van der Waals surface area contributed by atoms with E-state index in [0.29, 0.717) is 0 Å². The molecule has 1 aliphatic rings. The van der Waals surface area contributed by atoms with Crippen LogP contribution in [0.25, 0.3) is 0 Å². The minimum Gasteiger partial charge on any atom is -0.348 e. The molecule has 0 saturated carbocycles. The van der Waals surface area contributed by atoms with Crippen LogP contribution in [0.5, 0.6) is 0 Å². The van der Waals surface area contributed by atoms with Crippen molar-refractivity contribution < 1.29 is 4.79 Å². The lowest BCUT2D eigenvalue weighted by molar-refractivity contribution is -0.146. The molecular weight excluding hydrogens is 236 g/mol. The van der Waals surface area contributed by atoms with Crippen LogP contribution in [0.1, 0.15) is 74.1 Å². The lowest BCUT2D eigenvalue weighted by Crippen LogP contribution is -2.73. The smallest absolute Gasteiger partial charge is 0.240 e. The number of nitrogens with one attached hydrogen (secondary N) is 1. The molecule has 3 heteroatoms. The van der Waals surface area contributed by atoms with Crippen molar-refractivity contribution >= 4 is 5.91 Å². The van der Waals surface area contributed by atoms with Crippen LogP contribution < -0.4 is 5.32 Å². The number of piperazine rings is 1. The second kappa shape index (κ2) is 5.43. The summed E-state index contributed by atoms with van der Waals surface area (Å²) in [5, 5.41) is 3.13. The summed E-state index contributed by atoms with van der Waals surface area (Å²) in [6.45, 7) is 16.0. The zero-order chi connectivity index (χ0) is 14.9. The van der Waals surface area contributed by atoms with E-state index in [1.54, 1.807) is 0 Å². The predicted molar refractivity (Wildman–Crippen MR) is 81.2 cm³/mol. The molecule has 0 aromatic heterocycles. The van der Waals surface area contributed by atoms with Crippen molar-refractivity contribution in [2.45, 2.75) is 90.8 Å². The molecule has 1 heterocycles. The van der Waals surface area contributed by atoms with Gasteiger partial charge in [-0.15, -0.1) is 0 Å². The number of rotatable bonds is 5. The second-order valence-electron chi connectivity index (χ2n) is 7.75. The summed E-state index contributed by atoms with van der Waals surface area (Å²) < 4.78 is 0. The van der Waals surface area contributed by atoms with Crippen molar-refractivity contribution in [3.05, 3.63) is 0 Å². The highest BCUT2D eigenvalue weighted by Gasteiger charge is 2.49. The van der Waals surface area contributed by atoms with Crippen molar-refractivity contribution in [2.75, 3.05) is 6.54 Å². The van der Waals surface area contributed by atoms with Crippen molar-refractivity contribution in [3.63, 3.8) is 0 Å². The monoisotopic (exact) mass is 268 g/mol. The van der Waals surface area contributed by atoms with Gasteiger partial charge in [-0.3, -0.25) is 9.69 Å². The molecule has 1 amide bonds. The number of unbranched alkanes of at least 4 members (excludes halogenated alkanes) is 2. The quantitative estimate of drug-likeness (QED) is 0.776. The van der Waals surface area contributed by atoms with Gasteiger partial charge in [-0.05, 0) is 48.0 Å². The first-order chi connectivity index (χ1) is 8.53. The van der Waals surface area contributed by atoms with Crippen LogP contribution in [-0.4, -0.2) is 34.0 Å². The lowest BCUT2D eigenvalue weighted by Gasteiger charge is -2.55. The predicted octanol–water partition coefficient (Wildman–Crippen LogP) is 3.33. The number of hydrogen-bond donors (Lipinski definition) is 1. The van der Waals surface area contributed by atoms with E-state index in [2.05, 4.69) is 44.8 Å². The van der Waals surface area contributed by atoms with E-state index in [1.165, 1.54) is 19.3 Å². The Morgan fingerprint density at radius 2 is 1.79 bits per heavy atom. The molecule has 0 spiro atoms. The molecule has 3 nitrogen and oxygen atoms in total. The Kier molecular flexibility index (Phi) is 4.71. The molecule has 0 unspecified atom stereocenters. The SMILES string of the molecule is CCCCCC(C)(C)N1CC(C)(C)NC(=O)C1(C)C. The molecule has 1 saturated heterocycles. The standard InChI is InChI=1S/C16H32N2O/c1-8-9-10-11-15(4,5)18-12-14(2,3)17-13(19)16(18,6)7/h8-12H2,1-7H3,(H,17,19). The van der Waals surface area contributed by atoms with Crippen LogP contribution >= 0.6 is 0 Å². The summed E-state index contributed by atoms with van der Waals surface area (Å²) in [5.74, 6) is 0.146. The Bertz CT molecular complexity index is 332. The lowest BCUT2D eigenvalue weighted by atomic mass is 9.83. The van der Waals surface area contributed by atoms with Crippen LogP contribution in [0.2, 0.25) is 0 Å². The molecule has 0 bridgehead atoms. The van der Waals surface area contributed by atoms with Crippen LogP contribution in [0.4, 0.5) is 0 Å². The molecule has 1 fully saturated rings. The molecule has 0 aliphatic carbocycles. The van der Waals surface area contributed by atoms with Gasteiger partial charge < -0.3 is 5.32 Å². The van der Waals surface area contributed by atoms with E-state index in [9.17, 15) is 4.79 Å². The van der Waals surface area contributed by atoms with E-state index in [1.807, 2.05) is 13.8 Å². The molecule has 1 N–H and O–H groups in total. The number of carbonyl (C=O) groups is 1. The molecule has 0 atom stereocenters. The zero-order valence-corrected chi connectivity index (χ0v) is 13.9. The average molecular weight is 268 g/mol. The maximum absolute atomic E-state index is 12.4. The van der Waals surface area contributed by atoms with Gasteiger partial charge in [0.05, 0.1) is 5.54 Å². The number of amides is 1. The highest BCUT2D eigenvalue weighted by molar-refractivity contribution is 5.87. The first-order valence-corrected chi connectivity index (χ1v) is 7.63. The summed E-state index contributed by atoms with van der Waals surface area (Å²) in [4.78, 5) is 14.8. The van der Waals surface area contributed by atoms with Crippen molar-refractivity contribution in [2.24, 2.45) is 0 Å². The maximum Gasteiger partial charge on any atom is 0.240 e. The Balaban J connectivity index is 2.90. The van der Waals surface area contributed by atoms with Crippen molar-refractivity contribution in [1.29, 1.82) is 0 Å². The first-order valence-electron chi connectivity index (χ1n) is 7.63. The zero-order valence-electron chi connectivity index (χ0n) is 13.9. The van der Waals surface area contributed by atoms with Gasteiger partial charge in [0.25, 0.3) is 0 Å². The maximum atomic E-state index is 12.4. The van der Waals surface area contributed by atoms with Gasteiger partial charge >= 0.3 is 0 Å². The highest BCUT2D eigenvalue weighted by Crippen LogP contribution is 2.34. The van der Waals surface area contributed by atoms with Gasteiger partial charge in [0.2, 0.25) is 5.91 Å². The van der Waals surface area contributed by atoms with Crippen LogP contribution in [0, 0.1) is 0 Å². The van der Waals surface area contributed by atoms with Crippen LogP contribution in [0.15, 0.2) is 0 Å². The number of carbonyl (C=O) groups excluding carboxylic acids is 1. The minimum atomic E-state index is -0.425. The van der Waals surface area contributed by atoms with E-state index in [-0.39, 0.29) is 17.0 Å². The Hall–Kier alpha value is -0.570. The average Bonchev–Trinajstić information content (AvgIpc) is 2.23. The van der Waals surface area contributed by atoms with Crippen molar-refractivity contribution in [3.8, 4) is 0 Å². The van der Waals surface area contributed by atoms with E-state index < -0.39 is 5.54 Å². The topological polar surface area (TPSA) is 32.3 Å². The van der Waals surface area contributed by atoms with Gasteiger partial charge in [-0.2, -0.15) is 0 Å². The second-order valence-corrected chi connectivity index (χ2v) is 7.75. The Morgan fingerprint density at radius 3 is 2.32 bits per heavy atom. The third-order valence-corrected chi connectivity index (χ3v) is 4.36. The summed E-state index contributed by atoms with van der Waals surface area (Å²) >= 11 is 0. The fraction of sp³-hybridized carbons (Fsp3) is 0.938. The summed E-state index contributed by atoms with van der Waals surface area (Å²) in [6.07, 6.45) is 4.89. The largest absolute Gasteiger partial charge is 0.348 e. The third kappa shape index (κ3) is 3.71. The molecule has 0 aromatic carbocycles. The molecule has 112 valence electrons. The van der Waals surface area contributed by atoms with Crippen molar-refractivity contribution in [1.82, 2.24) is 10.2 Å². The van der Waals surface area contributed by atoms with Gasteiger partial charge in [-0.1, -0.05) is 26.2 Å². The molecule has 0 aromatic rings. The summed E-state index contributed by atoms with van der Waals surface area (Å²) in [7, 11) is 0. The van der Waals surface area contributed by atoms with Crippen LogP contribution in [0.3, 0.4) is 0 Å². The van der Waals surface area contributed by atoms with E-state index in [4.69, 9.17) is 0 Å². The van der Waals surface area contributed by atoms with Gasteiger partial charge in [0.15, 0.2) is 0 Å². The highest BCUT2D eigenvalue weighted by atomic mass is 16.2. The molecular formula is C16H32N2O. The fourth-order valence-electron chi connectivity index (χ4n) is 3.13. The molecule has 19 heavy (non-hydrogen) atoms.